The summed E-state index contributed by atoms with van der Waals surface area (Å²) in [6.07, 6.45) is -0.00249. The van der Waals surface area contributed by atoms with Crippen LogP contribution in [0.1, 0.15) is 25.5 Å². The summed E-state index contributed by atoms with van der Waals surface area (Å²) in [4.78, 5) is 4.54. The second-order valence-electron chi connectivity index (χ2n) is 4.31. The first-order valence-electron chi connectivity index (χ1n) is 6.63. The van der Waals surface area contributed by atoms with Crippen LogP contribution in [-0.2, 0) is 4.74 Å². The molecule has 0 fully saturated rings. The van der Waals surface area contributed by atoms with Gasteiger partial charge in [-0.1, -0.05) is 12.1 Å². The van der Waals surface area contributed by atoms with Crippen LogP contribution in [0.4, 0.5) is 5.13 Å². The fourth-order valence-corrected chi connectivity index (χ4v) is 2.83. The first kappa shape index (κ1) is 14.8. The van der Waals surface area contributed by atoms with Crippen LogP contribution >= 0.6 is 11.3 Å². The third kappa shape index (κ3) is 2.94. The van der Waals surface area contributed by atoms with E-state index in [-0.39, 0.29) is 6.10 Å². The van der Waals surface area contributed by atoms with Crippen molar-refractivity contribution in [3.63, 3.8) is 0 Å². The van der Waals surface area contributed by atoms with Crippen molar-refractivity contribution in [3.8, 4) is 17.0 Å². The van der Waals surface area contributed by atoms with Gasteiger partial charge in [0.25, 0.3) is 0 Å². The largest absolute Gasteiger partial charge is 0.496 e. The van der Waals surface area contributed by atoms with Gasteiger partial charge in [-0.2, -0.15) is 0 Å². The van der Waals surface area contributed by atoms with E-state index in [1.165, 1.54) is 0 Å². The van der Waals surface area contributed by atoms with E-state index in [9.17, 15) is 0 Å². The maximum Gasteiger partial charge on any atom is 0.182 e. The smallest absolute Gasteiger partial charge is 0.182 e. The summed E-state index contributed by atoms with van der Waals surface area (Å²) in [5, 5.41) is 5.97. The Balaban J connectivity index is 2.45. The van der Waals surface area contributed by atoms with Crippen molar-refractivity contribution in [2.45, 2.75) is 20.0 Å². The van der Waals surface area contributed by atoms with E-state index in [1.54, 1.807) is 18.4 Å². The highest BCUT2D eigenvalue weighted by Crippen LogP contribution is 2.37. The zero-order valence-corrected chi connectivity index (χ0v) is 13.1. The minimum absolute atomic E-state index is 0.00249. The topological polar surface area (TPSA) is 43.4 Å². The summed E-state index contributed by atoms with van der Waals surface area (Å²) < 4.78 is 11.3. The third-order valence-corrected chi connectivity index (χ3v) is 3.96. The van der Waals surface area contributed by atoms with Gasteiger partial charge in [0.05, 0.1) is 18.9 Å². The first-order chi connectivity index (χ1) is 9.71. The van der Waals surface area contributed by atoms with Gasteiger partial charge in [-0.05, 0) is 19.9 Å². The molecule has 0 bridgehead atoms. The number of methoxy groups -OCH3 is 1. The Morgan fingerprint density at radius 3 is 2.80 bits per heavy atom. The Morgan fingerprint density at radius 1 is 1.40 bits per heavy atom. The van der Waals surface area contributed by atoms with E-state index in [0.717, 1.165) is 27.7 Å². The molecule has 0 aliphatic carbocycles. The number of nitrogens with zero attached hydrogens (tertiary/aromatic N) is 1. The number of benzene rings is 1. The van der Waals surface area contributed by atoms with Gasteiger partial charge in [0.15, 0.2) is 5.13 Å². The molecule has 0 radical (unpaired) electrons. The van der Waals surface area contributed by atoms with Crippen molar-refractivity contribution in [2.24, 2.45) is 0 Å². The zero-order chi connectivity index (χ0) is 14.5. The van der Waals surface area contributed by atoms with Gasteiger partial charge < -0.3 is 14.8 Å². The third-order valence-electron chi connectivity index (χ3n) is 3.10. The maximum atomic E-state index is 5.68. The molecule has 1 heterocycles. The average Bonchev–Trinajstić information content (AvgIpc) is 2.95. The van der Waals surface area contributed by atoms with Crippen molar-refractivity contribution < 1.29 is 9.47 Å². The summed E-state index contributed by atoms with van der Waals surface area (Å²) in [5.41, 5.74) is 2.96. The lowest BCUT2D eigenvalue weighted by Crippen LogP contribution is -2.03. The summed E-state index contributed by atoms with van der Waals surface area (Å²) in [6, 6.07) is 6.07. The monoisotopic (exact) mass is 292 g/mol. The predicted molar refractivity (Wildman–Crippen MR) is 83.7 cm³/mol. The van der Waals surface area contributed by atoms with Gasteiger partial charge in [0, 0.05) is 30.2 Å². The summed E-state index contributed by atoms with van der Waals surface area (Å²) in [5.74, 6) is 0.835. The lowest BCUT2D eigenvalue weighted by molar-refractivity contribution is 0.0746. The molecule has 108 valence electrons. The molecular formula is C15H20N2O2S. The summed E-state index contributed by atoms with van der Waals surface area (Å²) in [7, 11) is 3.56. The SMILES string of the molecule is CCOC(C)c1cccc(-c2csc(NC)n2)c1OC. The van der Waals surface area contributed by atoms with Crippen molar-refractivity contribution in [1.82, 2.24) is 4.98 Å². The van der Waals surface area contributed by atoms with Crippen LogP contribution in [0.2, 0.25) is 0 Å². The Hall–Kier alpha value is -1.59. The molecule has 4 nitrogen and oxygen atoms in total. The summed E-state index contributed by atoms with van der Waals surface area (Å²) in [6.45, 7) is 4.70. The Kier molecular flexibility index (Phi) is 4.98. The van der Waals surface area contributed by atoms with Gasteiger partial charge in [-0.25, -0.2) is 4.98 Å². The average molecular weight is 292 g/mol. The highest BCUT2D eigenvalue weighted by molar-refractivity contribution is 7.14. The lowest BCUT2D eigenvalue weighted by atomic mass is 10.0. The van der Waals surface area contributed by atoms with E-state index >= 15 is 0 Å². The van der Waals surface area contributed by atoms with E-state index in [1.807, 2.05) is 44.5 Å². The van der Waals surface area contributed by atoms with Crippen molar-refractivity contribution in [3.05, 3.63) is 29.1 Å². The molecule has 20 heavy (non-hydrogen) atoms. The van der Waals surface area contributed by atoms with Crippen LogP contribution < -0.4 is 10.1 Å². The number of para-hydroxylation sites is 1. The molecule has 0 saturated carbocycles. The molecule has 1 aromatic heterocycles. The van der Waals surface area contributed by atoms with Crippen molar-refractivity contribution in [1.29, 1.82) is 0 Å². The highest BCUT2D eigenvalue weighted by atomic mass is 32.1. The van der Waals surface area contributed by atoms with Gasteiger partial charge >= 0.3 is 0 Å². The number of thiazole rings is 1. The Labute approximate surface area is 123 Å². The number of hydrogen-bond donors (Lipinski definition) is 1. The Morgan fingerprint density at radius 2 is 2.20 bits per heavy atom. The Bertz CT molecular complexity index is 569. The van der Waals surface area contributed by atoms with Gasteiger partial charge in [0.1, 0.15) is 5.75 Å². The van der Waals surface area contributed by atoms with Crippen LogP contribution in [0.25, 0.3) is 11.3 Å². The van der Waals surface area contributed by atoms with Crippen LogP contribution in [0.3, 0.4) is 0 Å². The van der Waals surface area contributed by atoms with E-state index in [4.69, 9.17) is 9.47 Å². The molecule has 1 atom stereocenters. The molecule has 0 spiro atoms. The van der Waals surface area contributed by atoms with E-state index in [2.05, 4.69) is 10.3 Å². The number of hydrogen-bond acceptors (Lipinski definition) is 5. The molecular weight excluding hydrogens is 272 g/mol. The molecule has 5 heteroatoms. The molecule has 0 aliphatic rings. The minimum Gasteiger partial charge on any atom is -0.496 e. The molecule has 0 amide bonds. The molecule has 2 rings (SSSR count). The van der Waals surface area contributed by atoms with Gasteiger partial charge in [0.2, 0.25) is 0 Å². The maximum absolute atomic E-state index is 5.68. The van der Waals surface area contributed by atoms with Gasteiger partial charge in [-0.3, -0.25) is 0 Å². The lowest BCUT2D eigenvalue weighted by Gasteiger charge is -2.17. The second-order valence-corrected chi connectivity index (χ2v) is 5.17. The van der Waals surface area contributed by atoms with E-state index in [0.29, 0.717) is 6.61 Å². The molecule has 1 unspecified atom stereocenters. The fourth-order valence-electron chi connectivity index (χ4n) is 2.16. The summed E-state index contributed by atoms with van der Waals surface area (Å²) >= 11 is 1.58. The number of nitrogens with one attached hydrogen (secondary N) is 1. The molecule has 1 N–H and O–H groups in total. The van der Waals surface area contributed by atoms with E-state index < -0.39 is 0 Å². The molecule has 1 aromatic carbocycles. The minimum atomic E-state index is -0.00249. The second kappa shape index (κ2) is 6.72. The fraction of sp³-hybridized carbons (Fsp3) is 0.400. The van der Waals surface area contributed by atoms with Gasteiger partial charge in [-0.15, -0.1) is 11.3 Å². The van der Waals surface area contributed by atoms with Crippen LogP contribution in [0.5, 0.6) is 5.75 Å². The predicted octanol–water partition coefficient (Wildman–Crippen LogP) is 3.96. The van der Waals surface area contributed by atoms with Crippen LogP contribution in [-0.4, -0.2) is 25.7 Å². The highest BCUT2D eigenvalue weighted by Gasteiger charge is 2.17. The van der Waals surface area contributed by atoms with Crippen molar-refractivity contribution in [2.75, 3.05) is 26.1 Å². The standard InChI is InChI=1S/C15H20N2O2S/c1-5-19-10(2)11-7-6-8-12(14(11)18-4)13-9-20-15(16-3)17-13/h6-10H,5H2,1-4H3,(H,16,17). The molecule has 0 aliphatic heterocycles. The normalized spacial score (nSPS) is 12.2. The van der Waals surface area contributed by atoms with Crippen molar-refractivity contribution >= 4 is 16.5 Å². The number of anilines is 1. The number of aromatic nitrogens is 1. The number of rotatable bonds is 6. The van der Waals surface area contributed by atoms with Crippen LogP contribution in [0.15, 0.2) is 23.6 Å². The van der Waals surface area contributed by atoms with Crippen LogP contribution in [0, 0.1) is 0 Å². The molecule has 0 saturated heterocycles. The number of ether oxygens (including phenoxy) is 2. The first-order valence-corrected chi connectivity index (χ1v) is 7.51. The quantitative estimate of drug-likeness (QED) is 0.875. The molecule has 2 aromatic rings. The zero-order valence-electron chi connectivity index (χ0n) is 12.3.